The maximum absolute atomic E-state index is 5.29. The second kappa shape index (κ2) is 11.0. The average Bonchev–Trinajstić information content (AvgIpc) is 3.52. The summed E-state index contributed by atoms with van der Waals surface area (Å²) < 4.78 is 2.30. The zero-order valence-corrected chi connectivity index (χ0v) is 26.7. The fraction of sp³-hybridized carbons (Fsp3) is 0. The van der Waals surface area contributed by atoms with E-state index in [0.717, 1.165) is 28.1 Å². The predicted molar refractivity (Wildman–Crippen MR) is 207 cm³/mol. The van der Waals surface area contributed by atoms with Gasteiger partial charge < -0.3 is 0 Å². The molecule has 10 aromatic rings. The first kappa shape index (κ1) is 27.6. The van der Waals surface area contributed by atoms with Crippen LogP contribution < -0.4 is 0 Å². The lowest BCUT2D eigenvalue weighted by Gasteiger charge is -2.13. The highest BCUT2D eigenvalue weighted by Crippen LogP contribution is 2.38. The van der Waals surface area contributed by atoms with E-state index in [4.69, 9.17) is 4.98 Å². The van der Waals surface area contributed by atoms with E-state index in [0.29, 0.717) is 0 Å². The molecular weight excluding hydrogens is 593 g/mol. The first-order valence-electron chi connectivity index (χ1n) is 16.8. The predicted octanol–water partition coefficient (Wildman–Crippen LogP) is 12.6. The Morgan fingerprint density at radius 3 is 1.57 bits per heavy atom. The molecule has 2 heterocycles. The third-order valence-electron chi connectivity index (χ3n) is 9.98. The molecular formula is C47H30N2. The zero-order valence-electron chi connectivity index (χ0n) is 26.7. The number of fused-ring (bicyclic) bond motifs is 9. The van der Waals surface area contributed by atoms with Gasteiger partial charge in [-0.25, -0.2) is 4.98 Å². The van der Waals surface area contributed by atoms with Gasteiger partial charge >= 0.3 is 0 Å². The van der Waals surface area contributed by atoms with Crippen molar-refractivity contribution in [3.8, 4) is 39.3 Å². The fourth-order valence-electron chi connectivity index (χ4n) is 7.68. The summed E-state index contributed by atoms with van der Waals surface area (Å²) in [6.45, 7) is 0. The van der Waals surface area contributed by atoms with Gasteiger partial charge in [-0.05, 0) is 97.0 Å². The van der Waals surface area contributed by atoms with Crippen molar-refractivity contribution in [3.05, 3.63) is 182 Å². The number of hydrogen-bond donors (Lipinski definition) is 0. The first-order chi connectivity index (χ1) is 24.3. The highest BCUT2D eigenvalue weighted by molar-refractivity contribution is 6.25. The molecule has 0 fully saturated rings. The zero-order chi connectivity index (χ0) is 32.3. The summed E-state index contributed by atoms with van der Waals surface area (Å²) in [6, 6.07) is 65.5. The van der Waals surface area contributed by atoms with Crippen LogP contribution in [0.5, 0.6) is 0 Å². The quantitative estimate of drug-likeness (QED) is 0.179. The normalized spacial score (nSPS) is 11.7. The molecule has 0 unspecified atom stereocenters. The summed E-state index contributed by atoms with van der Waals surface area (Å²) in [4.78, 5) is 5.29. The molecule has 0 aliphatic heterocycles. The third kappa shape index (κ3) is 4.46. The van der Waals surface area contributed by atoms with E-state index < -0.39 is 0 Å². The van der Waals surface area contributed by atoms with Crippen LogP contribution in [-0.2, 0) is 0 Å². The molecule has 2 nitrogen and oxygen atoms in total. The van der Waals surface area contributed by atoms with Crippen molar-refractivity contribution in [1.82, 2.24) is 9.55 Å². The lowest BCUT2D eigenvalue weighted by atomic mass is 9.92. The molecule has 228 valence electrons. The summed E-state index contributed by atoms with van der Waals surface area (Å²) in [5.41, 5.74) is 9.14. The smallest absolute Gasteiger partial charge is 0.138 e. The number of nitrogens with zero attached hydrogens (tertiary/aromatic N) is 2. The SMILES string of the molecule is c1ccc(-c2ccc3c(c2)c2ccccc2n3-c2cccc(-c3cccc(-c4ccc5c6ccccc6c6ccccc6c5c4)c3)n2)cc1. The number of rotatable bonds is 4. The van der Waals surface area contributed by atoms with Crippen molar-refractivity contribution in [2.45, 2.75) is 0 Å². The van der Waals surface area contributed by atoms with E-state index in [1.165, 1.54) is 65.3 Å². The summed E-state index contributed by atoms with van der Waals surface area (Å²) in [6.07, 6.45) is 0. The van der Waals surface area contributed by atoms with Gasteiger partial charge in [0.1, 0.15) is 5.82 Å². The highest BCUT2D eigenvalue weighted by Gasteiger charge is 2.15. The third-order valence-corrected chi connectivity index (χ3v) is 9.98. The van der Waals surface area contributed by atoms with Crippen LogP contribution in [0.1, 0.15) is 0 Å². The van der Waals surface area contributed by atoms with Gasteiger partial charge in [0.25, 0.3) is 0 Å². The molecule has 0 aliphatic rings. The monoisotopic (exact) mass is 622 g/mol. The molecule has 0 saturated carbocycles. The summed E-state index contributed by atoms with van der Waals surface area (Å²) >= 11 is 0. The van der Waals surface area contributed by atoms with Crippen LogP contribution in [0.2, 0.25) is 0 Å². The summed E-state index contributed by atoms with van der Waals surface area (Å²) in [5.74, 6) is 0.908. The van der Waals surface area contributed by atoms with Gasteiger partial charge in [0.2, 0.25) is 0 Å². The molecule has 49 heavy (non-hydrogen) atoms. The minimum atomic E-state index is 0.908. The van der Waals surface area contributed by atoms with Crippen LogP contribution in [-0.4, -0.2) is 9.55 Å². The maximum Gasteiger partial charge on any atom is 0.138 e. The van der Waals surface area contributed by atoms with E-state index in [1.54, 1.807) is 0 Å². The van der Waals surface area contributed by atoms with Crippen LogP contribution >= 0.6 is 0 Å². The molecule has 0 spiro atoms. The molecule has 0 bridgehead atoms. The van der Waals surface area contributed by atoms with Crippen molar-refractivity contribution in [2.75, 3.05) is 0 Å². The van der Waals surface area contributed by atoms with Crippen molar-refractivity contribution in [1.29, 1.82) is 0 Å². The van der Waals surface area contributed by atoms with Crippen molar-refractivity contribution in [2.24, 2.45) is 0 Å². The minimum Gasteiger partial charge on any atom is -0.294 e. The average molecular weight is 623 g/mol. The Morgan fingerprint density at radius 1 is 0.286 bits per heavy atom. The van der Waals surface area contributed by atoms with Gasteiger partial charge in [-0.3, -0.25) is 4.57 Å². The number of aromatic nitrogens is 2. The molecule has 8 aromatic carbocycles. The number of pyridine rings is 1. The van der Waals surface area contributed by atoms with Gasteiger partial charge in [0.15, 0.2) is 0 Å². The van der Waals surface area contributed by atoms with Crippen LogP contribution in [0.4, 0.5) is 0 Å². The Labute approximate surface area is 284 Å². The van der Waals surface area contributed by atoms with Gasteiger partial charge in [-0.1, -0.05) is 140 Å². The van der Waals surface area contributed by atoms with E-state index in [9.17, 15) is 0 Å². The molecule has 0 aliphatic carbocycles. The van der Waals surface area contributed by atoms with Gasteiger partial charge in [0, 0.05) is 16.3 Å². The van der Waals surface area contributed by atoms with Gasteiger partial charge in [-0.15, -0.1) is 0 Å². The van der Waals surface area contributed by atoms with E-state index in [1.807, 2.05) is 0 Å². The molecule has 0 N–H and O–H groups in total. The Hall–Kier alpha value is -6.51. The fourth-order valence-corrected chi connectivity index (χ4v) is 7.68. The standard InChI is InChI=1S/C47H30N2/c1-2-12-31(13-3-1)33-25-27-46-43(30-33)41-20-8-9-22-45(41)49(46)47-23-11-21-44(48-47)35-15-10-14-32(28-35)34-24-26-40-38-18-5-4-16-36(38)37-17-6-7-19-39(37)42(40)29-34/h1-30H. The Bertz CT molecular complexity index is 2840. The van der Waals surface area contributed by atoms with Crippen molar-refractivity contribution < 1.29 is 0 Å². The molecule has 0 saturated heterocycles. The van der Waals surface area contributed by atoms with E-state index >= 15 is 0 Å². The Kier molecular flexibility index (Phi) is 6.22. The molecule has 2 aromatic heterocycles. The second-order valence-electron chi connectivity index (χ2n) is 12.8. The maximum atomic E-state index is 5.29. The Balaban J connectivity index is 1.09. The Morgan fingerprint density at radius 2 is 0.796 bits per heavy atom. The molecule has 2 heteroatoms. The lowest BCUT2D eigenvalue weighted by Crippen LogP contribution is -1.98. The van der Waals surface area contributed by atoms with Crippen molar-refractivity contribution in [3.63, 3.8) is 0 Å². The largest absolute Gasteiger partial charge is 0.294 e. The first-order valence-corrected chi connectivity index (χ1v) is 16.8. The second-order valence-corrected chi connectivity index (χ2v) is 12.8. The molecule has 0 amide bonds. The molecule has 0 radical (unpaired) electrons. The van der Waals surface area contributed by atoms with Crippen molar-refractivity contribution >= 4 is 54.1 Å². The highest BCUT2D eigenvalue weighted by atomic mass is 15.1. The van der Waals surface area contributed by atoms with Crippen LogP contribution in [0.3, 0.4) is 0 Å². The van der Waals surface area contributed by atoms with Crippen LogP contribution in [0.15, 0.2) is 182 Å². The van der Waals surface area contributed by atoms with E-state index in [2.05, 4.69) is 187 Å². The summed E-state index contributed by atoms with van der Waals surface area (Å²) in [5, 5.41) is 10.2. The number of hydrogen-bond acceptors (Lipinski definition) is 1. The number of benzene rings is 8. The van der Waals surface area contributed by atoms with Gasteiger partial charge in [-0.2, -0.15) is 0 Å². The lowest BCUT2D eigenvalue weighted by molar-refractivity contribution is 1.08. The summed E-state index contributed by atoms with van der Waals surface area (Å²) in [7, 11) is 0. The van der Waals surface area contributed by atoms with E-state index in [-0.39, 0.29) is 0 Å². The van der Waals surface area contributed by atoms with Gasteiger partial charge in [0.05, 0.1) is 16.7 Å². The topological polar surface area (TPSA) is 17.8 Å². The number of para-hydroxylation sites is 1. The van der Waals surface area contributed by atoms with Crippen LogP contribution in [0, 0.1) is 0 Å². The molecule has 10 rings (SSSR count). The molecule has 0 atom stereocenters. The minimum absolute atomic E-state index is 0.908. The van der Waals surface area contributed by atoms with Crippen LogP contribution in [0.25, 0.3) is 93.5 Å².